The van der Waals surface area contributed by atoms with Gasteiger partial charge in [-0.05, 0) is 43.7 Å². The van der Waals surface area contributed by atoms with Crippen LogP contribution in [0.3, 0.4) is 0 Å². The normalized spacial score (nSPS) is 23.8. The van der Waals surface area contributed by atoms with Gasteiger partial charge in [-0.2, -0.15) is 8.78 Å². The Hall–Kier alpha value is -1.96. The number of benzene rings is 1. The number of halogens is 3. The molecule has 1 aromatic carbocycles. The van der Waals surface area contributed by atoms with Crippen molar-refractivity contribution in [2.75, 3.05) is 11.9 Å². The molecular weight excluding hydrogens is 325 g/mol. The highest BCUT2D eigenvalue weighted by atomic mass is 19.3. The molecule has 132 valence electrons. The molecule has 0 radical (unpaired) electrons. The van der Waals surface area contributed by atoms with Gasteiger partial charge in [0, 0.05) is 18.7 Å². The molecule has 1 saturated heterocycles. The van der Waals surface area contributed by atoms with Crippen LogP contribution in [-0.2, 0) is 4.74 Å². The molecular formula is C16H19F3N2O3. The van der Waals surface area contributed by atoms with E-state index in [1.807, 2.05) is 0 Å². The van der Waals surface area contributed by atoms with Gasteiger partial charge in [-0.15, -0.1) is 0 Å². The molecule has 0 spiro atoms. The van der Waals surface area contributed by atoms with Gasteiger partial charge in [0.05, 0.1) is 11.8 Å². The van der Waals surface area contributed by atoms with Crippen molar-refractivity contribution in [2.45, 2.75) is 44.4 Å². The number of amides is 2. The van der Waals surface area contributed by atoms with Crippen molar-refractivity contribution in [3.63, 3.8) is 0 Å². The lowest BCUT2D eigenvalue weighted by molar-refractivity contribution is -0.0494. The number of alkyl halides is 2. The SMILES string of the molecule is O=C(Nc1cc(F)ccc1OC(F)F)NC1CCOC(C2CC2)C1. The van der Waals surface area contributed by atoms with Crippen LogP contribution in [0.4, 0.5) is 23.7 Å². The number of hydrogen-bond donors (Lipinski definition) is 2. The molecule has 1 heterocycles. The van der Waals surface area contributed by atoms with Crippen LogP contribution in [0.1, 0.15) is 25.7 Å². The number of ether oxygens (including phenoxy) is 2. The third-order valence-corrected chi connectivity index (χ3v) is 4.20. The Balaban J connectivity index is 1.58. The minimum Gasteiger partial charge on any atom is -0.433 e. The smallest absolute Gasteiger partial charge is 0.387 e. The van der Waals surface area contributed by atoms with Crippen LogP contribution >= 0.6 is 0 Å². The molecule has 2 aliphatic rings. The summed E-state index contributed by atoms with van der Waals surface area (Å²) in [6.07, 6.45) is 3.88. The third kappa shape index (κ3) is 4.53. The average molecular weight is 344 g/mol. The quantitative estimate of drug-likeness (QED) is 0.859. The first kappa shape index (κ1) is 16.9. The summed E-state index contributed by atoms with van der Waals surface area (Å²) in [6, 6.07) is 2.33. The molecule has 1 aliphatic carbocycles. The molecule has 5 nitrogen and oxygen atoms in total. The molecule has 2 unspecified atom stereocenters. The Morgan fingerprint density at radius 2 is 2.08 bits per heavy atom. The molecule has 24 heavy (non-hydrogen) atoms. The fraction of sp³-hybridized carbons (Fsp3) is 0.562. The van der Waals surface area contributed by atoms with Crippen molar-refractivity contribution in [2.24, 2.45) is 5.92 Å². The molecule has 2 N–H and O–H groups in total. The molecule has 1 saturated carbocycles. The molecule has 2 atom stereocenters. The summed E-state index contributed by atoms with van der Waals surface area (Å²) in [7, 11) is 0. The van der Waals surface area contributed by atoms with Crippen molar-refractivity contribution in [1.29, 1.82) is 0 Å². The molecule has 2 amide bonds. The van der Waals surface area contributed by atoms with E-state index in [1.54, 1.807) is 0 Å². The second-order valence-corrected chi connectivity index (χ2v) is 6.09. The summed E-state index contributed by atoms with van der Waals surface area (Å²) in [4.78, 5) is 12.1. The Morgan fingerprint density at radius 3 is 2.79 bits per heavy atom. The van der Waals surface area contributed by atoms with Crippen LogP contribution < -0.4 is 15.4 Å². The summed E-state index contributed by atoms with van der Waals surface area (Å²) in [5, 5.41) is 5.16. The molecule has 3 rings (SSSR count). The summed E-state index contributed by atoms with van der Waals surface area (Å²) >= 11 is 0. The van der Waals surface area contributed by atoms with Gasteiger partial charge in [-0.25, -0.2) is 9.18 Å². The van der Waals surface area contributed by atoms with E-state index in [2.05, 4.69) is 15.4 Å². The van der Waals surface area contributed by atoms with E-state index in [9.17, 15) is 18.0 Å². The summed E-state index contributed by atoms with van der Waals surface area (Å²) < 4.78 is 48.0. The van der Waals surface area contributed by atoms with Gasteiger partial charge < -0.3 is 20.1 Å². The Kier molecular flexibility index (Phi) is 5.13. The van der Waals surface area contributed by atoms with Gasteiger partial charge in [0.15, 0.2) is 0 Å². The number of nitrogens with one attached hydrogen (secondary N) is 2. The van der Waals surface area contributed by atoms with Crippen molar-refractivity contribution < 1.29 is 27.4 Å². The maximum Gasteiger partial charge on any atom is 0.387 e. The van der Waals surface area contributed by atoms with Gasteiger partial charge in [0.25, 0.3) is 0 Å². The maximum atomic E-state index is 13.3. The zero-order valence-corrected chi connectivity index (χ0v) is 12.9. The lowest BCUT2D eigenvalue weighted by atomic mass is 10.0. The molecule has 0 aromatic heterocycles. The van der Waals surface area contributed by atoms with Gasteiger partial charge >= 0.3 is 12.6 Å². The standard InChI is InChI=1S/C16H19F3N2O3/c17-10-3-4-13(24-15(18)19)12(7-10)21-16(22)20-11-5-6-23-14(8-11)9-1-2-9/h3-4,7,9,11,14-15H,1-2,5-6,8H2,(H2,20,21,22). The van der Waals surface area contributed by atoms with E-state index in [0.717, 1.165) is 37.5 Å². The van der Waals surface area contributed by atoms with E-state index in [-0.39, 0.29) is 23.6 Å². The predicted octanol–water partition coefficient (Wildman–Crippen LogP) is 3.51. The zero-order chi connectivity index (χ0) is 17.1. The van der Waals surface area contributed by atoms with Gasteiger partial charge in [-0.3, -0.25) is 0 Å². The number of carbonyl (C=O) groups excluding carboxylic acids is 1. The van der Waals surface area contributed by atoms with E-state index in [0.29, 0.717) is 18.9 Å². The fourth-order valence-corrected chi connectivity index (χ4v) is 2.90. The van der Waals surface area contributed by atoms with Gasteiger partial charge in [0.2, 0.25) is 0 Å². The first-order chi connectivity index (χ1) is 11.5. The van der Waals surface area contributed by atoms with Crippen molar-refractivity contribution in [3.05, 3.63) is 24.0 Å². The highest BCUT2D eigenvalue weighted by molar-refractivity contribution is 5.91. The minimum absolute atomic E-state index is 0.0580. The highest BCUT2D eigenvalue weighted by Gasteiger charge is 2.36. The van der Waals surface area contributed by atoms with Crippen LogP contribution in [0, 0.1) is 11.7 Å². The zero-order valence-electron chi connectivity index (χ0n) is 12.9. The first-order valence-electron chi connectivity index (χ1n) is 7.95. The maximum absolute atomic E-state index is 13.3. The molecule has 0 bridgehead atoms. The second kappa shape index (κ2) is 7.29. The number of rotatable bonds is 5. The average Bonchev–Trinajstić information content (AvgIpc) is 3.34. The molecule has 2 fully saturated rings. The number of hydrogen-bond acceptors (Lipinski definition) is 3. The van der Waals surface area contributed by atoms with Crippen LogP contribution in [0.2, 0.25) is 0 Å². The Labute approximate surface area is 137 Å². The largest absolute Gasteiger partial charge is 0.433 e. The summed E-state index contributed by atoms with van der Waals surface area (Å²) in [6.45, 7) is -2.49. The summed E-state index contributed by atoms with van der Waals surface area (Å²) in [5.74, 6) is -0.372. The van der Waals surface area contributed by atoms with Gasteiger partial charge in [-0.1, -0.05) is 0 Å². The highest BCUT2D eigenvalue weighted by Crippen LogP contribution is 2.38. The van der Waals surface area contributed by atoms with Gasteiger partial charge in [0.1, 0.15) is 11.6 Å². The molecule has 1 aromatic rings. The minimum atomic E-state index is -3.06. The topological polar surface area (TPSA) is 59.6 Å². The van der Waals surface area contributed by atoms with Crippen molar-refractivity contribution >= 4 is 11.7 Å². The van der Waals surface area contributed by atoms with E-state index in [4.69, 9.17) is 4.74 Å². The molecule has 1 aliphatic heterocycles. The number of urea groups is 1. The van der Waals surface area contributed by atoms with Crippen molar-refractivity contribution in [3.8, 4) is 5.75 Å². The lowest BCUT2D eigenvalue weighted by Crippen LogP contribution is -2.44. The first-order valence-corrected chi connectivity index (χ1v) is 7.95. The number of carbonyl (C=O) groups is 1. The van der Waals surface area contributed by atoms with Crippen LogP contribution in [0.5, 0.6) is 5.75 Å². The van der Waals surface area contributed by atoms with Crippen LogP contribution in [0.25, 0.3) is 0 Å². The predicted molar refractivity (Wildman–Crippen MR) is 80.7 cm³/mol. The number of anilines is 1. The monoisotopic (exact) mass is 344 g/mol. The summed E-state index contributed by atoms with van der Waals surface area (Å²) in [5.41, 5.74) is -0.140. The second-order valence-electron chi connectivity index (χ2n) is 6.09. The van der Waals surface area contributed by atoms with Crippen LogP contribution in [-0.4, -0.2) is 31.4 Å². The lowest BCUT2D eigenvalue weighted by Gasteiger charge is -2.30. The Bertz CT molecular complexity index is 596. The third-order valence-electron chi connectivity index (χ3n) is 4.20. The van der Waals surface area contributed by atoms with E-state index in [1.165, 1.54) is 0 Å². The fourth-order valence-electron chi connectivity index (χ4n) is 2.90. The van der Waals surface area contributed by atoms with Crippen molar-refractivity contribution in [1.82, 2.24) is 5.32 Å². The van der Waals surface area contributed by atoms with Crippen LogP contribution in [0.15, 0.2) is 18.2 Å². The van der Waals surface area contributed by atoms with E-state index >= 15 is 0 Å². The molecule has 8 heteroatoms. The Morgan fingerprint density at radius 1 is 1.29 bits per heavy atom. The van der Waals surface area contributed by atoms with E-state index < -0.39 is 18.5 Å².